The standard InChI is InChI=1S/C21H17BrFN3OS/c1-12-11-26-20(19(25-21(26)28-12)16-4-2-3-9-24-16)18-8-7-17(27-18)14-6-5-13(22)10-15(14)23/h2-10,12,19-20H,11H2,1H3/t12-,19-,20+/m1/s1. The monoisotopic (exact) mass is 457 g/mol. The van der Waals surface area contributed by atoms with Crippen LogP contribution in [0.2, 0.25) is 0 Å². The van der Waals surface area contributed by atoms with Crippen LogP contribution in [0.15, 0.2) is 68.6 Å². The number of furan rings is 1. The van der Waals surface area contributed by atoms with Gasteiger partial charge >= 0.3 is 0 Å². The largest absolute Gasteiger partial charge is 0.459 e. The molecule has 4 heterocycles. The van der Waals surface area contributed by atoms with Gasteiger partial charge in [-0.25, -0.2) is 9.38 Å². The highest BCUT2D eigenvalue weighted by molar-refractivity contribution is 9.10. The van der Waals surface area contributed by atoms with Crippen molar-refractivity contribution in [3.8, 4) is 11.3 Å². The Labute approximate surface area is 175 Å². The smallest absolute Gasteiger partial charge is 0.161 e. The first kappa shape index (κ1) is 17.9. The molecule has 0 bridgehead atoms. The van der Waals surface area contributed by atoms with E-state index in [-0.39, 0.29) is 17.9 Å². The number of thioether (sulfide) groups is 1. The lowest BCUT2D eigenvalue weighted by Crippen LogP contribution is -2.28. The predicted octanol–water partition coefficient (Wildman–Crippen LogP) is 5.83. The van der Waals surface area contributed by atoms with Gasteiger partial charge in [-0.1, -0.05) is 40.7 Å². The minimum atomic E-state index is -0.315. The highest BCUT2D eigenvalue weighted by Crippen LogP contribution is 2.48. The molecule has 0 aliphatic carbocycles. The molecule has 2 aliphatic heterocycles. The first-order valence-electron chi connectivity index (χ1n) is 9.07. The summed E-state index contributed by atoms with van der Waals surface area (Å²) in [6.45, 7) is 3.10. The molecular weight excluding hydrogens is 441 g/mol. The number of hydrogen-bond acceptors (Lipinski definition) is 5. The van der Waals surface area contributed by atoms with Crippen LogP contribution >= 0.6 is 27.7 Å². The van der Waals surface area contributed by atoms with E-state index in [1.807, 2.05) is 36.4 Å². The number of pyridine rings is 1. The molecule has 3 aromatic rings. The second-order valence-electron chi connectivity index (χ2n) is 6.96. The second-order valence-corrected chi connectivity index (χ2v) is 9.28. The summed E-state index contributed by atoms with van der Waals surface area (Å²) in [7, 11) is 0. The van der Waals surface area contributed by atoms with Crippen molar-refractivity contribution >= 4 is 32.9 Å². The SMILES string of the molecule is C[C@@H]1CN2C(=N[C@H](c3ccccn3)[C@@H]2c2ccc(-c3ccc(Br)cc3F)o2)S1. The highest BCUT2D eigenvalue weighted by atomic mass is 79.9. The van der Waals surface area contributed by atoms with Crippen molar-refractivity contribution in [2.75, 3.05) is 6.54 Å². The molecule has 0 radical (unpaired) electrons. The second kappa shape index (κ2) is 7.04. The van der Waals surface area contributed by atoms with Gasteiger partial charge in [0.15, 0.2) is 5.17 Å². The van der Waals surface area contributed by atoms with Crippen molar-refractivity contribution in [1.82, 2.24) is 9.88 Å². The maximum absolute atomic E-state index is 14.4. The Balaban J connectivity index is 1.54. The zero-order valence-electron chi connectivity index (χ0n) is 15.0. The number of aromatic nitrogens is 1. The summed E-state index contributed by atoms with van der Waals surface area (Å²) < 4.78 is 21.3. The quantitative estimate of drug-likeness (QED) is 0.495. The van der Waals surface area contributed by atoms with Crippen molar-refractivity contribution in [3.63, 3.8) is 0 Å². The number of hydrogen-bond donors (Lipinski definition) is 0. The van der Waals surface area contributed by atoms with E-state index in [0.717, 1.165) is 23.2 Å². The fourth-order valence-electron chi connectivity index (χ4n) is 3.77. The molecule has 28 heavy (non-hydrogen) atoms. The molecule has 1 saturated heterocycles. The molecule has 2 aromatic heterocycles. The molecule has 142 valence electrons. The molecular formula is C21H17BrFN3OS. The van der Waals surface area contributed by atoms with Crippen LogP contribution < -0.4 is 0 Å². The summed E-state index contributed by atoms with van der Waals surface area (Å²) in [5, 5.41) is 1.50. The zero-order valence-corrected chi connectivity index (χ0v) is 17.5. The predicted molar refractivity (Wildman–Crippen MR) is 113 cm³/mol. The lowest BCUT2D eigenvalue weighted by molar-refractivity contribution is 0.277. The molecule has 3 atom stereocenters. The van der Waals surface area contributed by atoms with Gasteiger partial charge in [0, 0.05) is 22.5 Å². The molecule has 0 amide bonds. The summed E-state index contributed by atoms with van der Waals surface area (Å²) >= 11 is 5.08. The first-order valence-corrected chi connectivity index (χ1v) is 10.7. The van der Waals surface area contributed by atoms with E-state index in [4.69, 9.17) is 9.41 Å². The van der Waals surface area contributed by atoms with E-state index in [2.05, 4.69) is 32.7 Å². The molecule has 0 saturated carbocycles. The van der Waals surface area contributed by atoms with Crippen LogP contribution in [0, 0.1) is 5.82 Å². The number of amidine groups is 1. The van der Waals surface area contributed by atoms with E-state index in [0.29, 0.717) is 21.0 Å². The normalized spacial score (nSPS) is 23.8. The van der Waals surface area contributed by atoms with Crippen LogP contribution in [-0.2, 0) is 0 Å². The lowest BCUT2D eigenvalue weighted by atomic mass is 10.0. The fourth-order valence-corrected chi connectivity index (χ4v) is 5.20. The molecule has 4 nitrogen and oxygen atoms in total. The maximum Gasteiger partial charge on any atom is 0.161 e. The van der Waals surface area contributed by atoms with E-state index >= 15 is 0 Å². The van der Waals surface area contributed by atoms with Crippen molar-refractivity contribution in [1.29, 1.82) is 0 Å². The third-order valence-corrected chi connectivity index (χ3v) is 6.59. The first-order chi connectivity index (χ1) is 13.6. The van der Waals surface area contributed by atoms with Crippen molar-refractivity contribution in [2.45, 2.75) is 24.3 Å². The number of fused-ring (bicyclic) bond motifs is 1. The van der Waals surface area contributed by atoms with Gasteiger partial charge in [0.25, 0.3) is 0 Å². The van der Waals surface area contributed by atoms with E-state index in [9.17, 15) is 4.39 Å². The molecule has 1 fully saturated rings. The van der Waals surface area contributed by atoms with E-state index in [1.165, 1.54) is 6.07 Å². The Hall–Kier alpha value is -2.12. The van der Waals surface area contributed by atoms with Crippen LogP contribution in [0.4, 0.5) is 4.39 Å². The highest BCUT2D eigenvalue weighted by Gasteiger charge is 2.45. The summed E-state index contributed by atoms with van der Waals surface area (Å²) in [5.74, 6) is 0.986. The summed E-state index contributed by atoms with van der Waals surface area (Å²) in [4.78, 5) is 11.8. The number of rotatable bonds is 3. The fraction of sp³-hybridized carbons (Fsp3) is 0.238. The molecule has 1 aromatic carbocycles. The van der Waals surface area contributed by atoms with Crippen LogP contribution in [0.3, 0.4) is 0 Å². The number of nitrogens with zero attached hydrogens (tertiary/aromatic N) is 3. The summed E-state index contributed by atoms with van der Waals surface area (Å²) in [6, 6.07) is 14.4. The van der Waals surface area contributed by atoms with Crippen molar-refractivity contribution < 1.29 is 8.81 Å². The summed E-state index contributed by atoms with van der Waals surface area (Å²) in [6.07, 6.45) is 1.79. The topological polar surface area (TPSA) is 41.6 Å². The zero-order chi connectivity index (χ0) is 19.3. The average Bonchev–Trinajstić information content (AvgIpc) is 3.36. The number of halogens is 2. The molecule has 0 unspecified atom stereocenters. The molecule has 0 N–H and O–H groups in total. The van der Waals surface area contributed by atoms with Gasteiger partial charge in [0.05, 0.1) is 11.3 Å². The third-order valence-electron chi connectivity index (χ3n) is 5.00. The van der Waals surface area contributed by atoms with Gasteiger partial charge in [-0.2, -0.15) is 0 Å². The van der Waals surface area contributed by atoms with Gasteiger partial charge < -0.3 is 9.32 Å². The van der Waals surface area contributed by atoms with Crippen LogP contribution in [0.25, 0.3) is 11.3 Å². The van der Waals surface area contributed by atoms with Crippen molar-refractivity contribution in [2.24, 2.45) is 4.99 Å². The number of benzene rings is 1. The van der Waals surface area contributed by atoms with E-state index in [1.54, 1.807) is 24.0 Å². The Morgan fingerprint density at radius 2 is 2.11 bits per heavy atom. The van der Waals surface area contributed by atoms with Gasteiger partial charge in [0.1, 0.15) is 29.4 Å². The minimum Gasteiger partial charge on any atom is -0.459 e. The molecule has 2 aliphatic rings. The molecule has 0 spiro atoms. The van der Waals surface area contributed by atoms with Gasteiger partial charge in [-0.15, -0.1) is 0 Å². The molecule has 7 heteroatoms. The number of aliphatic imine (C=N–C) groups is 1. The van der Waals surface area contributed by atoms with E-state index < -0.39 is 0 Å². The summed E-state index contributed by atoms with van der Waals surface area (Å²) in [5.41, 5.74) is 1.36. The minimum absolute atomic E-state index is 0.0744. The van der Waals surface area contributed by atoms with Gasteiger partial charge in [-0.3, -0.25) is 4.98 Å². The van der Waals surface area contributed by atoms with Gasteiger partial charge in [-0.05, 0) is 42.5 Å². The lowest BCUT2D eigenvalue weighted by Gasteiger charge is -2.25. The Morgan fingerprint density at radius 1 is 1.21 bits per heavy atom. The van der Waals surface area contributed by atoms with Crippen molar-refractivity contribution in [3.05, 3.63) is 76.5 Å². The average molecular weight is 458 g/mol. The van der Waals surface area contributed by atoms with Crippen LogP contribution in [0.5, 0.6) is 0 Å². The van der Waals surface area contributed by atoms with Gasteiger partial charge in [0.2, 0.25) is 0 Å². The Kier molecular flexibility index (Phi) is 4.51. The van der Waals surface area contributed by atoms with Crippen LogP contribution in [0.1, 0.15) is 30.5 Å². The third kappa shape index (κ3) is 3.06. The Morgan fingerprint density at radius 3 is 2.89 bits per heavy atom. The van der Waals surface area contributed by atoms with Crippen LogP contribution in [-0.4, -0.2) is 26.8 Å². The molecule has 5 rings (SSSR count). The maximum atomic E-state index is 14.4. The Bertz CT molecular complexity index is 1050.